The van der Waals surface area contributed by atoms with Crippen LogP contribution < -0.4 is 10.1 Å². The summed E-state index contributed by atoms with van der Waals surface area (Å²) in [6.07, 6.45) is -0.165. The highest BCUT2D eigenvalue weighted by atomic mass is 16.5. The van der Waals surface area contributed by atoms with E-state index in [9.17, 15) is 14.4 Å². The van der Waals surface area contributed by atoms with Crippen molar-refractivity contribution in [3.8, 4) is 5.75 Å². The molecule has 6 nitrogen and oxygen atoms in total. The van der Waals surface area contributed by atoms with Gasteiger partial charge in [0.15, 0.2) is 0 Å². The van der Waals surface area contributed by atoms with Crippen molar-refractivity contribution in [1.82, 2.24) is 5.32 Å². The Morgan fingerprint density at radius 2 is 1.64 bits per heavy atom. The van der Waals surface area contributed by atoms with E-state index < -0.39 is 17.8 Å². The van der Waals surface area contributed by atoms with Crippen molar-refractivity contribution in [3.05, 3.63) is 29.8 Å². The van der Waals surface area contributed by atoms with Gasteiger partial charge < -0.3 is 15.2 Å². The van der Waals surface area contributed by atoms with E-state index in [-0.39, 0.29) is 24.3 Å². The number of aliphatic carboxylic acids is 1. The number of carbonyl (C=O) groups is 3. The van der Waals surface area contributed by atoms with Crippen LogP contribution >= 0.6 is 0 Å². The van der Waals surface area contributed by atoms with Crippen molar-refractivity contribution in [2.75, 3.05) is 6.54 Å². The molecule has 124 valence electrons. The molecule has 0 saturated heterocycles. The van der Waals surface area contributed by atoms with Crippen molar-refractivity contribution in [2.45, 2.75) is 41.0 Å². The summed E-state index contributed by atoms with van der Waals surface area (Å²) in [5.41, 5.74) is 0.193. The van der Waals surface area contributed by atoms with Crippen LogP contribution in [0, 0.1) is 0 Å². The Labute approximate surface area is 131 Å². The SMILES string of the molecule is CC.CC.CC(=O)Oc1ccccc1C(=O)NCCC(=O)O. The van der Waals surface area contributed by atoms with Gasteiger partial charge in [0.2, 0.25) is 0 Å². The molecule has 0 aliphatic carbocycles. The lowest BCUT2D eigenvalue weighted by Gasteiger charge is -2.08. The molecule has 1 amide bonds. The smallest absolute Gasteiger partial charge is 0.308 e. The monoisotopic (exact) mass is 311 g/mol. The Balaban J connectivity index is 0. The number of hydrogen-bond donors (Lipinski definition) is 2. The van der Waals surface area contributed by atoms with Gasteiger partial charge in [-0.1, -0.05) is 39.8 Å². The molecule has 6 heteroatoms. The second-order valence-corrected chi connectivity index (χ2v) is 3.49. The van der Waals surface area contributed by atoms with E-state index in [1.807, 2.05) is 27.7 Å². The Kier molecular flexibility index (Phi) is 13.6. The molecule has 2 N–H and O–H groups in total. The number of para-hydroxylation sites is 1. The molecule has 1 aromatic rings. The zero-order valence-electron chi connectivity index (χ0n) is 13.8. The number of carboxylic acids is 1. The molecule has 0 saturated carbocycles. The summed E-state index contributed by atoms with van der Waals surface area (Å²) in [6.45, 7) is 9.25. The molecule has 1 aromatic carbocycles. The first-order valence-corrected chi connectivity index (χ1v) is 7.28. The fourth-order valence-corrected chi connectivity index (χ4v) is 1.28. The molecule has 0 aliphatic heterocycles. The highest BCUT2D eigenvalue weighted by molar-refractivity contribution is 5.97. The molecule has 0 aromatic heterocycles. The zero-order chi connectivity index (χ0) is 17.5. The van der Waals surface area contributed by atoms with Crippen LogP contribution in [0.4, 0.5) is 0 Å². The van der Waals surface area contributed by atoms with Gasteiger partial charge in [-0.2, -0.15) is 0 Å². The third-order valence-corrected chi connectivity index (χ3v) is 2.01. The molecular weight excluding hydrogens is 286 g/mol. The van der Waals surface area contributed by atoms with E-state index in [0.717, 1.165) is 0 Å². The summed E-state index contributed by atoms with van der Waals surface area (Å²) in [5, 5.41) is 10.9. The Hall–Kier alpha value is -2.37. The molecule has 0 atom stereocenters. The number of hydrogen-bond acceptors (Lipinski definition) is 4. The van der Waals surface area contributed by atoms with Gasteiger partial charge in [-0.05, 0) is 12.1 Å². The molecule has 0 aliphatic rings. The normalized spacial score (nSPS) is 8.41. The molecular formula is C16H25NO5. The minimum atomic E-state index is -0.997. The summed E-state index contributed by atoms with van der Waals surface area (Å²) >= 11 is 0. The summed E-state index contributed by atoms with van der Waals surface area (Å²) in [5.74, 6) is -1.85. The summed E-state index contributed by atoms with van der Waals surface area (Å²) in [7, 11) is 0. The average Bonchev–Trinajstić information content (AvgIpc) is 2.51. The maximum atomic E-state index is 11.7. The fraction of sp³-hybridized carbons (Fsp3) is 0.438. The number of esters is 1. The first kappa shape index (κ1) is 21.9. The van der Waals surface area contributed by atoms with Crippen LogP contribution in [0.2, 0.25) is 0 Å². The van der Waals surface area contributed by atoms with E-state index in [1.165, 1.54) is 19.1 Å². The highest BCUT2D eigenvalue weighted by Gasteiger charge is 2.13. The van der Waals surface area contributed by atoms with Crippen LogP contribution in [0.3, 0.4) is 0 Å². The number of amides is 1. The minimum absolute atomic E-state index is 0.0164. The third-order valence-electron chi connectivity index (χ3n) is 2.01. The lowest BCUT2D eigenvalue weighted by molar-refractivity contribution is -0.137. The van der Waals surface area contributed by atoms with Crippen molar-refractivity contribution in [3.63, 3.8) is 0 Å². The number of nitrogens with one attached hydrogen (secondary N) is 1. The van der Waals surface area contributed by atoms with Gasteiger partial charge in [0, 0.05) is 13.5 Å². The van der Waals surface area contributed by atoms with Gasteiger partial charge in [-0.3, -0.25) is 14.4 Å². The first-order valence-electron chi connectivity index (χ1n) is 7.28. The molecule has 0 heterocycles. The van der Waals surface area contributed by atoms with E-state index in [2.05, 4.69) is 5.32 Å². The van der Waals surface area contributed by atoms with Crippen LogP contribution in [0.25, 0.3) is 0 Å². The number of benzene rings is 1. The summed E-state index contributed by atoms with van der Waals surface area (Å²) in [6, 6.07) is 6.24. The standard InChI is InChI=1S/C12H13NO5.2C2H6/c1-8(14)18-10-5-3-2-4-9(10)12(17)13-7-6-11(15)16;2*1-2/h2-5H,6-7H2,1H3,(H,13,17)(H,15,16);2*1-2H3. The molecule has 0 fully saturated rings. The van der Waals surface area contributed by atoms with Gasteiger partial charge in [0.05, 0.1) is 12.0 Å². The van der Waals surface area contributed by atoms with Gasteiger partial charge in [0.1, 0.15) is 5.75 Å². The van der Waals surface area contributed by atoms with Gasteiger partial charge in [-0.25, -0.2) is 0 Å². The van der Waals surface area contributed by atoms with Crippen LogP contribution in [-0.4, -0.2) is 29.5 Å². The molecule has 22 heavy (non-hydrogen) atoms. The first-order chi connectivity index (χ1) is 10.5. The van der Waals surface area contributed by atoms with Crippen molar-refractivity contribution >= 4 is 17.8 Å². The van der Waals surface area contributed by atoms with E-state index >= 15 is 0 Å². The van der Waals surface area contributed by atoms with E-state index in [4.69, 9.17) is 9.84 Å². The van der Waals surface area contributed by atoms with Crippen molar-refractivity contribution in [2.24, 2.45) is 0 Å². The second kappa shape index (κ2) is 13.6. The van der Waals surface area contributed by atoms with Gasteiger partial charge >= 0.3 is 11.9 Å². The maximum absolute atomic E-state index is 11.7. The number of ether oxygens (including phenoxy) is 1. The summed E-state index contributed by atoms with van der Waals surface area (Å²) < 4.78 is 4.88. The van der Waals surface area contributed by atoms with Crippen LogP contribution in [0.5, 0.6) is 5.75 Å². The Morgan fingerprint density at radius 3 is 2.14 bits per heavy atom. The molecule has 0 unspecified atom stereocenters. The average molecular weight is 311 g/mol. The predicted molar refractivity (Wildman–Crippen MR) is 85.0 cm³/mol. The third kappa shape index (κ3) is 9.52. The zero-order valence-corrected chi connectivity index (χ0v) is 13.8. The minimum Gasteiger partial charge on any atom is -0.481 e. The highest BCUT2D eigenvalue weighted by Crippen LogP contribution is 2.17. The molecule has 0 bridgehead atoms. The van der Waals surface area contributed by atoms with Crippen LogP contribution in [0.15, 0.2) is 24.3 Å². The fourth-order valence-electron chi connectivity index (χ4n) is 1.28. The lowest BCUT2D eigenvalue weighted by atomic mass is 10.2. The lowest BCUT2D eigenvalue weighted by Crippen LogP contribution is -2.26. The predicted octanol–water partition coefficient (Wildman–Crippen LogP) is 2.87. The second-order valence-electron chi connectivity index (χ2n) is 3.49. The summed E-state index contributed by atoms with van der Waals surface area (Å²) in [4.78, 5) is 32.9. The van der Waals surface area contributed by atoms with Crippen LogP contribution in [-0.2, 0) is 9.59 Å². The van der Waals surface area contributed by atoms with Crippen molar-refractivity contribution in [1.29, 1.82) is 0 Å². The number of carbonyl (C=O) groups excluding carboxylic acids is 2. The molecule has 0 radical (unpaired) electrons. The molecule has 1 rings (SSSR count). The van der Waals surface area contributed by atoms with E-state index in [1.54, 1.807) is 12.1 Å². The Bertz CT molecular complexity index is 471. The maximum Gasteiger partial charge on any atom is 0.308 e. The largest absolute Gasteiger partial charge is 0.481 e. The van der Waals surface area contributed by atoms with E-state index in [0.29, 0.717) is 0 Å². The number of carboxylic acid groups (broad SMARTS) is 1. The topological polar surface area (TPSA) is 92.7 Å². The quantitative estimate of drug-likeness (QED) is 0.644. The number of rotatable bonds is 5. The molecule has 0 spiro atoms. The van der Waals surface area contributed by atoms with Gasteiger partial charge in [-0.15, -0.1) is 0 Å². The Morgan fingerprint density at radius 1 is 1.09 bits per heavy atom. The van der Waals surface area contributed by atoms with Crippen LogP contribution in [0.1, 0.15) is 51.4 Å². The van der Waals surface area contributed by atoms with Crippen molar-refractivity contribution < 1.29 is 24.2 Å². The van der Waals surface area contributed by atoms with Gasteiger partial charge in [0.25, 0.3) is 5.91 Å².